The molecule has 3 aromatic rings. The van der Waals surface area contributed by atoms with E-state index in [9.17, 15) is 48.3 Å². The predicted molar refractivity (Wildman–Crippen MR) is 339 cm³/mol. The number of epoxide rings is 1. The standard InChI is InChI=1S/C66H84ClN7O14S/c1-37(2)47(33-44(89)18-12-11-13-28-74-54(76)24-25-55(74)77)61(80)71-48(20-16-27-70-64(68)83)50(75)32-43-22-23-46(45-19-15-26-69-59(43)45)62(81)72(8)41(6)63(82)87-53-34-56(78)73(9)49-31-42(30-39(4)58(49)67)29-38(3)17-14-21-52(85-10)66(84)35-51(86-57(79)36-66)40(5)60-65(53,7)88-60/h14-15,17,19,21-26,30-31,37,40-41,47-48,51-53,60,84H,11-13,16,18,20,27-29,32-36H2,1-10H3,(H,71,80)(H3,68,70,83)/b21-14+,38-17+/t40-,41+,47+,48+,51+,52-,53+,60+,65+,66-/m1/s1. The molecule has 7 amide bonds. The number of methoxy groups -OCH3 is 1. The summed E-state index contributed by atoms with van der Waals surface area (Å²) >= 11 is 12.7. The van der Waals surface area contributed by atoms with E-state index < -0.39 is 89.3 Å². The first-order valence-electron chi connectivity index (χ1n) is 30.3. The first-order valence-corrected chi connectivity index (χ1v) is 31.1. The van der Waals surface area contributed by atoms with Crippen LogP contribution in [0.2, 0.25) is 5.02 Å². The normalized spacial score (nSPS) is 24.9. The van der Waals surface area contributed by atoms with Gasteiger partial charge in [-0.05, 0) is 118 Å². The molecular weight excluding hydrogens is 1180 g/mol. The molecule has 10 atom stereocenters. The monoisotopic (exact) mass is 1270 g/mol. The number of ether oxygens (including phenoxy) is 4. The third-order valence-corrected chi connectivity index (χ3v) is 18.5. The second kappa shape index (κ2) is 30.0. The van der Waals surface area contributed by atoms with E-state index in [-0.39, 0.29) is 73.6 Å². The molecule has 0 unspecified atom stereocenters. The number of halogens is 1. The van der Waals surface area contributed by atoms with Gasteiger partial charge in [0.05, 0.1) is 41.2 Å². The Kier molecular flexibility index (Phi) is 23.4. The van der Waals surface area contributed by atoms with E-state index in [0.29, 0.717) is 83.5 Å². The zero-order chi connectivity index (χ0) is 65.2. The number of nitrogens with two attached hydrogens (primary N) is 1. The van der Waals surface area contributed by atoms with Gasteiger partial charge in [0.1, 0.15) is 35.6 Å². The molecule has 4 aliphatic rings. The first kappa shape index (κ1) is 69.2. The number of hydrogen-bond acceptors (Lipinski definition) is 16. The third-order valence-electron chi connectivity index (χ3n) is 17.7. The number of aliphatic hydroxyl groups is 1. The lowest BCUT2D eigenvalue weighted by molar-refractivity contribution is -0.187. The number of thiocarbonyl (C=S) groups is 1. The topological polar surface area (TPSA) is 287 Å². The molecule has 21 nitrogen and oxygen atoms in total. The van der Waals surface area contributed by atoms with Crippen LogP contribution < -0.4 is 21.3 Å². The van der Waals surface area contributed by atoms with Gasteiger partial charge in [0.25, 0.3) is 17.7 Å². The number of hydrogen-bond donors (Lipinski definition) is 4. The molecule has 0 radical (unpaired) electrons. The van der Waals surface area contributed by atoms with Crippen molar-refractivity contribution in [3.63, 3.8) is 0 Å². The molecule has 0 spiro atoms. The molecule has 1 aromatic heterocycles. The van der Waals surface area contributed by atoms with Crippen molar-refractivity contribution in [3.05, 3.63) is 106 Å². The number of allylic oxidation sites excluding steroid dienone is 3. The molecule has 23 heteroatoms. The Morgan fingerprint density at radius 3 is 2.43 bits per heavy atom. The SMILES string of the molecule is CO[C@@H]1/C=C/C=C(\C)Cc2cc(C)c(Cl)c(c2)N(C)C(=O)C[C@H](OC(=O)[C@H](C)N(C)C(=O)c2ccc(CC(=O)[C@H](CCCNC(N)=O)NC(=O)[C@@H](CC(=S)CCCCCN3C(=O)C=CC3=O)C(C)C)c3ncccc23)[C@]2(C)O[C@H]2[C@H](C)[C@@H]2C[C@@]1(O)CC(=O)O2. The fourth-order valence-corrected chi connectivity index (χ4v) is 12.6. The number of esters is 2. The van der Waals surface area contributed by atoms with Crippen molar-refractivity contribution in [2.45, 2.75) is 173 Å². The molecule has 2 aromatic carbocycles. The van der Waals surface area contributed by atoms with Crippen LogP contribution in [0.5, 0.6) is 0 Å². The van der Waals surface area contributed by atoms with Crippen LogP contribution in [0.25, 0.3) is 10.9 Å². The van der Waals surface area contributed by atoms with Crippen molar-refractivity contribution in [1.82, 2.24) is 25.4 Å². The number of aromatic nitrogens is 1. The predicted octanol–water partition coefficient (Wildman–Crippen LogP) is 7.49. The number of primary amides is 1. The van der Waals surface area contributed by atoms with E-state index in [2.05, 4.69) is 15.6 Å². The Balaban J connectivity index is 1.08. The summed E-state index contributed by atoms with van der Waals surface area (Å²) in [6, 6.07) is 7.23. The minimum atomic E-state index is -1.65. The second-order valence-corrected chi connectivity index (χ2v) is 25.6. The van der Waals surface area contributed by atoms with E-state index in [1.165, 1.54) is 54.1 Å². The van der Waals surface area contributed by atoms with Gasteiger partial charge >= 0.3 is 18.0 Å². The van der Waals surface area contributed by atoms with Crippen LogP contribution in [0.15, 0.2) is 78.5 Å². The van der Waals surface area contributed by atoms with Gasteiger partial charge in [-0.25, -0.2) is 9.59 Å². The van der Waals surface area contributed by atoms with Crippen molar-refractivity contribution in [2.75, 3.05) is 39.2 Å². The van der Waals surface area contributed by atoms with Crippen LogP contribution in [-0.4, -0.2) is 160 Å². The summed E-state index contributed by atoms with van der Waals surface area (Å²) in [7, 11) is 4.48. The molecular formula is C66H84ClN7O14S. The summed E-state index contributed by atoms with van der Waals surface area (Å²) in [5.41, 5.74) is 6.27. The molecule has 5 heterocycles. The highest BCUT2D eigenvalue weighted by Crippen LogP contribution is 2.50. The van der Waals surface area contributed by atoms with Crippen molar-refractivity contribution < 1.29 is 67.2 Å². The van der Waals surface area contributed by atoms with Gasteiger partial charge in [-0.2, -0.15) is 0 Å². The molecule has 89 heavy (non-hydrogen) atoms. The number of nitrogens with one attached hydrogen (secondary N) is 2. The van der Waals surface area contributed by atoms with E-state index in [1.54, 1.807) is 57.3 Å². The van der Waals surface area contributed by atoms with E-state index >= 15 is 0 Å². The highest BCUT2D eigenvalue weighted by molar-refractivity contribution is 7.80. The molecule has 0 saturated carbocycles. The minimum absolute atomic E-state index is 0.00591. The maximum Gasteiger partial charge on any atom is 0.328 e. The van der Waals surface area contributed by atoms with E-state index in [1.807, 2.05) is 45.9 Å². The fourth-order valence-electron chi connectivity index (χ4n) is 12.0. The van der Waals surface area contributed by atoms with Crippen molar-refractivity contribution in [3.8, 4) is 0 Å². The molecule has 7 rings (SSSR count). The summed E-state index contributed by atoms with van der Waals surface area (Å²) < 4.78 is 24.4. The number of benzene rings is 2. The quantitative estimate of drug-likeness (QED) is 0.0235. The average molecular weight is 1270 g/mol. The van der Waals surface area contributed by atoms with Gasteiger partial charge < -0.3 is 50.2 Å². The van der Waals surface area contributed by atoms with Gasteiger partial charge in [0, 0.05) is 88.3 Å². The largest absolute Gasteiger partial charge is 0.462 e. The highest BCUT2D eigenvalue weighted by atomic mass is 35.5. The minimum Gasteiger partial charge on any atom is -0.462 e. The third kappa shape index (κ3) is 17.0. The number of carbonyl (C=O) groups excluding carboxylic acids is 9. The lowest BCUT2D eigenvalue weighted by atomic mass is 9.78. The molecule has 4 bridgehead atoms. The Morgan fingerprint density at radius 2 is 1.74 bits per heavy atom. The summed E-state index contributed by atoms with van der Waals surface area (Å²) in [5, 5.41) is 18.3. The van der Waals surface area contributed by atoms with Crippen LogP contribution in [0, 0.1) is 24.7 Å². The molecule has 0 aliphatic carbocycles. The molecule has 4 aliphatic heterocycles. The van der Waals surface area contributed by atoms with Crippen LogP contribution >= 0.6 is 23.8 Å². The number of pyridine rings is 1. The molecule has 5 N–H and O–H groups in total. The number of rotatable bonds is 23. The number of unbranched alkanes of at least 4 members (excludes halogenated alkanes) is 2. The number of aryl methyl sites for hydroxylation is 1. The van der Waals surface area contributed by atoms with Crippen LogP contribution in [-0.2, 0) is 65.4 Å². The number of carbonyl (C=O) groups is 9. The van der Waals surface area contributed by atoms with Gasteiger partial charge in [-0.1, -0.05) is 93.0 Å². The number of Topliss-reactive ketones (excluding diaryl/α,β-unsaturated/α-hetero) is 1. The van der Waals surface area contributed by atoms with E-state index in [4.69, 9.17) is 48.5 Å². The number of amides is 7. The lowest BCUT2D eigenvalue weighted by Crippen LogP contribution is -2.53. The number of likely N-dealkylation sites (N-methyl/N-ethyl adjacent to an activating group) is 1. The summed E-state index contributed by atoms with van der Waals surface area (Å²) in [6.07, 6.45) is 8.54. The van der Waals surface area contributed by atoms with Gasteiger partial charge in [0.2, 0.25) is 11.8 Å². The smallest absolute Gasteiger partial charge is 0.328 e. The Labute approximate surface area is 530 Å². The highest BCUT2D eigenvalue weighted by Gasteiger charge is 2.64. The Bertz CT molecular complexity index is 3310. The van der Waals surface area contributed by atoms with Gasteiger partial charge in [-0.3, -0.25) is 43.4 Å². The Morgan fingerprint density at radius 1 is 1.02 bits per heavy atom. The number of urea groups is 1. The summed E-state index contributed by atoms with van der Waals surface area (Å²) in [4.78, 5) is 130. The molecule has 2 fully saturated rings. The molecule has 2 saturated heterocycles. The lowest BCUT2D eigenvalue weighted by Gasteiger charge is -2.41. The van der Waals surface area contributed by atoms with Gasteiger partial charge in [-0.15, -0.1) is 0 Å². The summed E-state index contributed by atoms with van der Waals surface area (Å²) in [6.45, 7) is 13.0. The van der Waals surface area contributed by atoms with Crippen LogP contribution in [0.3, 0.4) is 0 Å². The van der Waals surface area contributed by atoms with Gasteiger partial charge in [0.15, 0.2) is 5.78 Å². The number of nitrogens with zero attached hydrogens (tertiary/aromatic N) is 4. The number of ketones is 1. The van der Waals surface area contributed by atoms with Crippen molar-refractivity contribution in [2.24, 2.45) is 23.5 Å². The van der Waals surface area contributed by atoms with E-state index in [0.717, 1.165) is 16.7 Å². The maximum absolute atomic E-state index is 14.7. The maximum atomic E-state index is 14.7. The Hall–Kier alpha value is -7.24. The zero-order valence-electron chi connectivity index (χ0n) is 52.4. The van der Waals surface area contributed by atoms with Crippen LogP contribution in [0.4, 0.5) is 10.5 Å². The fraction of sp³-hybridized carbons (Fsp3) is 0.530. The number of imide groups is 1. The van der Waals surface area contributed by atoms with Crippen molar-refractivity contribution in [1.29, 1.82) is 0 Å². The second-order valence-electron chi connectivity index (χ2n) is 24.6. The van der Waals surface area contributed by atoms with Crippen molar-refractivity contribution >= 4 is 98.6 Å². The van der Waals surface area contributed by atoms with Crippen LogP contribution in [0.1, 0.15) is 133 Å². The first-order chi connectivity index (χ1) is 42.1. The average Bonchev–Trinajstić information content (AvgIpc) is 1.71. The zero-order valence-corrected chi connectivity index (χ0v) is 54.0. The number of fused-ring (bicyclic) bond motifs is 6. The molecule has 480 valence electrons. The number of anilines is 1. The summed E-state index contributed by atoms with van der Waals surface area (Å²) in [5.74, 6) is -5.24.